The van der Waals surface area contributed by atoms with Gasteiger partial charge in [0.2, 0.25) is 0 Å². The predicted molar refractivity (Wildman–Crippen MR) is 53.3 cm³/mol. The van der Waals surface area contributed by atoms with E-state index in [9.17, 15) is 39.9 Å². The van der Waals surface area contributed by atoms with Crippen molar-refractivity contribution in [1.82, 2.24) is 5.32 Å². The molecule has 0 spiro atoms. The summed E-state index contributed by atoms with van der Waals surface area (Å²) in [6.45, 7) is -0.247. The van der Waals surface area contributed by atoms with Gasteiger partial charge in [0.1, 0.15) is 6.10 Å². The summed E-state index contributed by atoms with van der Waals surface area (Å²) in [4.78, 5) is 10.6. The molecule has 0 aromatic heterocycles. The van der Waals surface area contributed by atoms with Crippen LogP contribution >= 0.6 is 0 Å². The van der Waals surface area contributed by atoms with Gasteiger partial charge in [0.25, 0.3) is 0 Å². The summed E-state index contributed by atoms with van der Waals surface area (Å²) < 4.78 is 98.0. The number of carbonyl (C=O) groups excluding carboxylic acids is 1. The van der Waals surface area contributed by atoms with Crippen LogP contribution in [-0.2, 0) is 4.79 Å². The molecule has 0 fully saturated rings. The van der Waals surface area contributed by atoms with Gasteiger partial charge in [-0.1, -0.05) is 0 Å². The molecule has 21 heavy (non-hydrogen) atoms. The number of hydrogen-bond donors (Lipinski definition) is 3. The summed E-state index contributed by atoms with van der Waals surface area (Å²) in [5.74, 6) is -8.42. The first-order chi connectivity index (χ1) is 9.25. The van der Waals surface area contributed by atoms with E-state index in [1.54, 1.807) is 0 Å². The lowest BCUT2D eigenvalue weighted by molar-refractivity contribution is -0.316. The van der Waals surface area contributed by atoms with Crippen molar-refractivity contribution in [3.63, 3.8) is 0 Å². The highest BCUT2D eigenvalue weighted by molar-refractivity contribution is 5.82. The number of aliphatic hydroxyl groups excluding tert-OH is 1. The maximum Gasteiger partial charge on any atom is 0.471 e. The van der Waals surface area contributed by atoms with Gasteiger partial charge in [-0.15, -0.1) is 0 Å². The van der Waals surface area contributed by atoms with E-state index in [0.717, 1.165) is 5.32 Å². The van der Waals surface area contributed by atoms with E-state index in [0.29, 0.717) is 0 Å². The van der Waals surface area contributed by atoms with Gasteiger partial charge >= 0.3 is 24.2 Å². The maximum absolute atomic E-state index is 12.9. The Morgan fingerprint density at radius 2 is 1.57 bits per heavy atom. The monoisotopic (exact) mass is 332 g/mol. The minimum atomic E-state index is -6.18. The van der Waals surface area contributed by atoms with Crippen molar-refractivity contribution in [3.8, 4) is 0 Å². The van der Waals surface area contributed by atoms with Crippen molar-refractivity contribution in [2.45, 2.75) is 43.3 Å². The number of hydrogen-bond acceptors (Lipinski definition) is 3. The molecule has 0 radical (unpaired) electrons. The summed E-state index contributed by atoms with van der Waals surface area (Å²) in [5, 5.41) is 9.94. The zero-order valence-electron chi connectivity index (χ0n) is 10.2. The Kier molecular flexibility index (Phi) is 6.35. The second-order valence-corrected chi connectivity index (χ2v) is 4.07. The zero-order valence-corrected chi connectivity index (χ0v) is 10.2. The lowest BCUT2D eigenvalue weighted by Gasteiger charge is -2.31. The molecule has 0 aliphatic rings. The summed E-state index contributed by atoms with van der Waals surface area (Å²) in [7, 11) is 0. The standard InChI is InChI=1S/C9H12F8N2O2/c10-7(11,9(15,16)17)5(20)4(2-1-3-18)19-6(21)8(12,13)14/h4-5,20H,1-3,18H2,(H,19,21). The van der Waals surface area contributed by atoms with Gasteiger partial charge in [0.15, 0.2) is 0 Å². The molecule has 0 saturated heterocycles. The quantitative estimate of drug-likeness (QED) is 0.643. The van der Waals surface area contributed by atoms with Gasteiger partial charge in [0.05, 0.1) is 6.04 Å². The molecular formula is C9H12F8N2O2. The molecule has 0 rings (SSSR count). The zero-order chi connectivity index (χ0) is 17.1. The van der Waals surface area contributed by atoms with Crippen LogP contribution in [0.2, 0.25) is 0 Å². The smallest absolute Gasteiger partial charge is 0.384 e. The van der Waals surface area contributed by atoms with E-state index in [1.165, 1.54) is 0 Å². The number of alkyl halides is 8. The molecule has 4 N–H and O–H groups in total. The molecule has 1 amide bonds. The predicted octanol–water partition coefficient (Wildman–Crippen LogP) is 1.33. The molecule has 0 bridgehead atoms. The molecule has 12 heteroatoms. The highest BCUT2D eigenvalue weighted by Crippen LogP contribution is 2.39. The summed E-state index contributed by atoms with van der Waals surface area (Å²) >= 11 is 0. The molecule has 2 atom stereocenters. The van der Waals surface area contributed by atoms with Crippen LogP contribution in [-0.4, -0.2) is 48.0 Å². The van der Waals surface area contributed by atoms with Crippen LogP contribution in [0.3, 0.4) is 0 Å². The van der Waals surface area contributed by atoms with Gasteiger partial charge < -0.3 is 16.2 Å². The number of amides is 1. The van der Waals surface area contributed by atoms with Crippen LogP contribution in [0.1, 0.15) is 12.8 Å². The third-order valence-corrected chi connectivity index (χ3v) is 2.42. The van der Waals surface area contributed by atoms with Gasteiger partial charge in [-0.2, -0.15) is 35.1 Å². The SMILES string of the molecule is NCCCC(NC(=O)C(F)(F)F)C(O)C(F)(F)C(F)(F)F. The van der Waals surface area contributed by atoms with Gasteiger partial charge in [-0.3, -0.25) is 4.79 Å². The van der Waals surface area contributed by atoms with Gasteiger partial charge in [-0.25, -0.2) is 0 Å². The highest BCUT2D eigenvalue weighted by atomic mass is 19.4. The van der Waals surface area contributed by atoms with Crippen molar-refractivity contribution in [2.75, 3.05) is 6.54 Å². The number of rotatable bonds is 6. The first kappa shape index (κ1) is 19.8. The third kappa shape index (κ3) is 5.26. The normalized spacial score (nSPS) is 16.5. The van der Waals surface area contributed by atoms with E-state index in [4.69, 9.17) is 10.8 Å². The molecule has 126 valence electrons. The van der Waals surface area contributed by atoms with E-state index >= 15 is 0 Å². The van der Waals surface area contributed by atoms with Gasteiger partial charge in [0, 0.05) is 0 Å². The van der Waals surface area contributed by atoms with Crippen LogP contribution in [0, 0.1) is 0 Å². The minimum Gasteiger partial charge on any atom is -0.384 e. The van der Waals surface area contributed by atoms with E-state index in [2.05, 4.69) is 0 Å². The molecule has 0 aliphatic carbocycles. The fourth-order valence-electron chi connectivity index (χ4n) is 1.32. The second kappa shape index (κ2) is 6.73. The van der Waals surface area contributed by atoms with Crippen molar-refractivity contribution < 1.29 is 45.0 Å². The molecule has 0 saturated carbocycles. The molecule has 0 aromatic carbocycles. The van der Waals surface area contributed by atoms with Crippen LogP contribution in [0.4, 0.5) is 35.1 Å². The first-order valence-electron chi connectivity index (χ1n) is 5.45. The Bertz CT molecular complexity index is 355. The number of halogens is 8. The van der Waals surface area contributed by atoms with E-state index < -0.39 is 42.7 Å². The number of aliphatic hydroxyl groups is 1. The number of carbonyl (C=O) groups is 1. The van der Waals surface area contributed by atoms with Crippen molar-refractivity contribution in [1.29, 1.82) is 0 Å². The van der Waals surface area contributed by atoms with Gasteiger partial charge in [-0.05, 0) is 19.4 Å². The van der Waals surface area contributed by atoms with Crippen molar-refractivity contribution in [3.05, 3.63) is 0 Å². The molecule has 0 aliphatic heterocycles. The minimum absolute atomic E-state index is 0.247. The van der Waals surface area contributed by atoms with Crippen LogP contribution in [0.25, 0.3) is 0 Å². The Morgan fingerprint density at radius 3 is 1.90 bits per heavy atom. The largest absolute Gasteiger partial charge is 0.471 e. The highest BCUT2D eigenvalue weighted by Gasteiger charge is 2.64. The summed E-state index contributed by atoms with van der Waals surface area (Å²) in [5.41, 5.74) is 4.96. The van der Waals surface area contributed by atoms with Crippen LogP contribution in [0.15, 0.2) is 0 Å². The number of nitrogens with one attached hydrogen (secondary N) is 1. The Hall–Kier alpha value is -1.17. The lowest BCUT2D eigenvalue weighted by Crippen LogP contribution is -2.58. The molecular weight excluding hydrogens is 320 g/mol. The van der Waals surface area contributed by atoms with Crippen molar-refractivity contribution in [2.24, 2.45) is 5.73 Å². The molecule has 0 aromatic rings. The number of nitrogens with two attached hydrogens (primary N) is 1. The third-order valence-electron chi connectivity index (χ3n) is 2.42. The average molecular weight is 332 g/mol. The molecule has 2 unspecified atom stereocenters. The lowest BCUT2D eigenvalue weighted by atomic mass is 9.99. The first-order valence-corrected chi connectivity index (χ1v) is 5.45. The maximum atomic E-state index is 12.9. The molecule has 4 nitrogen and oxygen atoms in total. The Morgan fingerprint density at radius 1 is 1.10 bits per heavy atom. The van der Waals surface area contributed by atoms with Crippen LogP contribution < -0.4 is 11.1 Å². The van der Waals surface area contributed by atoms with Crippen molar-refractivity contribution >= 4 is 5.91 Å². The average Bonchev–Trinajstić information content (AvgIpc) is 2.30. The Balaban J connectivity index is 5.19. The summed E-state index contributed by atoms with van der Waals surface area (Å²) in [6, 6.07) is -2.46. The van der Waals surface area contributed by atoms with Crippen LogP contribution in [0.5, 0.6) is 0 Å². The van der Waals surface area contributed by atoms with E-state index in [1.807, 2.05) is 0 Å². The summed E-state index contributed by atoms with van der Waals surface area (Å²) in [6.07, 6.45) is -16.3. The van der Waals surface area contributed by atoms with E-state index in [-0.39, 0.29) is 13.0 Å². The second-order valence-electron chi connectivity index (χ2n) is 4.07. The molecule has 0 heterocycles. The fraction of sp³-hybridized carbons (Fsp3) is 0.889. The Labute approximate surface area is 113 Å². The fourth-order valence-corrected chi connectivity index (χ4v) is 1.32. The topological polar surface area (TPSA) is 75.3 Å².